The fourth-order valence-electron chi connectivity index (χ4n) is 19.5. The van der Waals surface area contributed by atoms with Crippen LogP contribution in [0.3, 0.4) is 0 Å². The first-order chi connectivity index (χ1) is 71.4. The second-order valence-corrected chi connectivity index (χ2v) is 35.5. The topological polar surface area (TPSA) is 196 Å². The molecule has 0 amide bonds. The third-order valence-electron chi connectivity index (χ3n) is 26.7. The van der Waals surface area contributed by atoms with Crippen LogP contribution in [0.25, 0.3) is 159 Å². The molecule has 16 heteroatoms. The van der Waals surface area contributed by atoms with Crippen molar-refractivity contribution in [2.24, 2.45) is 0 Å². The summed E-state index contributed by atoms with van der Waals surface area (Å²) < 4.78 is 2.43. The van der Waals surface area contributed by atoms with E-state index >= 15 is 0 Å². The standard InChI is InChI=1S/C60H44N2.C51H38N2.C18N12/c1-5-13-45(14-6-1)49-21-33-55(34-22-49)61(56-35-23-50(24-36-56)46-15-7-2-8-16-46)59-41-29-53(30-42-59)54-31-43-60(44-32-54)62(57-37-25-51(26-38-57)47-17-9-3-10-18-47)58-39-27-52(28-40-58)48-19-11-4-12-20-48;1-51(2)47-33-41(29-31-43(47)44-32-30-42(34-48(44)51)53-49-19-11-9-17-45(49)46-18-10-12-20-50(46)53)52(39-25-21-37(22-26-39)35-13-5-3-6-14-35)40-27-23-38(24-28-40)36-15-7-4-8-16-36;1-23-17-9(5-21)27-13-11-12(26-8(4-20)7(3-19)25-11)14-16(15(13)29-17)30-18(24-2)10(6-22)28-14/h1-44H;3-34H,1-2H3;. The molecule has 0 atom stereocenters. The first kappa shape index (κ1) is 89.5. The zero-order chi connectivity index (χ0) is 98.4. The summed E-state index contributed by atoms with van der Waals surface area (Å²) in [6.07, 6.45) is 0. The van der Waals surface area contributed by atoms with E-state index in [4.69, 9.17) is 13.1 Å². The van der Waals surface area contributed by atoms with Crippen LogP contribution < -0.4 is 14.7 Å². The van der Waals surface area contributed by atoms with Crippen LogP contribution in [0.1, 0.15) is 47.8 Å². The van der Waals surface area contributed by atoms with Gasteiger partial charge in [-0.15, -0.1) is 9.97 Å². The van der Waals surface area contributed by atoms with Gasteiger partial charge in [-0.1, -0.05) is 355 Å². The van der Waals surface area contributed by atoms with Gasteiger partial charge in [0.25, 0.3) is 0 Å². The molecule has 678 valence electrons. The van der Waals surface area contributed by atoms with Gasteiger partial charge in [-0.25, -0.2) is 19.9 Å². The largest absolute Gasteiger partial charge is 0.358 e. The van der Waals surface area contributed by atoms with Gasteiger partial charge in [0.1, 0.15) is 46.3 Å². The molecular weight excluding hydrogens is 1770 g/mol. The van der Waals surface area contributed by atoms with E-state index in [1.807, 2.05) is 0 Å². The van der Waals surface area contributed by atoms with Crippen molar-refractivity contribution in [3.8, 4) is 119 Å². The Labute approximate surface area is 838 Å². The molecule has 0 spiro atoms. The number of fused-ring (bicyclic) bond motifs is 12. The van der Waals surface area contributed by atoms with Crippen LogP contribution in [0.15, 0.2) is 461 Å². The summed E-state index contributed by atoms with van der Waals surface area (Å²) >= 11 is 0. The average Bonchev–Trinajstić information content (AvgIpc) is 1.45. The van der Waals surface area contributed by atoms with Crippen molar-refractivity contribution in [2.45, 2.75) is 19.3 Å². The maximum atomic E-state index is 9.30. The number of nitrogens with zero attached hydrogens (tertiary/aromatic N) is 16. The van der Waals surface area contributed by atoms with Gasteiger partial charge >= 0.3 is 11.6 Å². The zero-order valence-electron chi connectivity index (χ0n) is 78.5. The van der Waals surface area contributed by atoms with Gasteiger partial charge in [0.2, 0.25) is 11.0 Å². The van der Waals surface area contributed by atoms with Gasteiger partial charge in [-0.05, 0) is 234 Å². The fourth-order valence-corrected chi connectivity index (χ4v) is 19.5. The molecular formula is C129H82N16. The molecule has 4 aromatic heterocycles. The van der Waals surface area contributed by atoms with Crippen molar-refractivity contribution in [3.63, 3.8) is 0 Å². The minimum Gasteiger partial charge on any atom is -0.358 e. The molecule has 0 aliphatic heterocycles. The Hall–Kier alpha value is -20.7. The number of hydrogen-bond acceptors (Lipinski definition) is 13. The predicted octanol–water partition coefficient (Wildman–Crippen LogP) is 33.0. The monoisotopic (exact) mass is 1850 g/mol. The van der Waals surface area contributed by atoms with Crippen LogP contribution in [0, 0.1) is 58.5 Å². The summed E-state index contributed by atoms with van der Waals surface area (Å²) in [5.41, 5.74) is 34.3. The molecule has 0 radical (unpaired) electrons. The number of benzene rings is 19. The highest BCUT2D eigenvalue weighted by Gasteiger charge is 2.37. The molecule has 19 aromatic carbocycles. The fraction of sp³-hybridized carbons (Fsp3) is 0.0233. The molecule has 0 bridgehead atoms. The van der Waals surface area contributed by atoms with Crippen molar-refractivity contribution in [1.29, 1.82) is 21.0 Å². The average molecular weight is 1860 g/mol. The molecule has 16 nitrogen and oxygen atoms in total. The van der Waals surface area contributed by atoms with Gasteiger partial charge < -0.3 is 29.0 Å². The predicted molar refractivity (Wildman–Crippen MR) is 584 cm³/mol. The smallest absolute Gasteiger partial charge is 0.307 e. The van der Waals surface area contributed by atoms with E-state index in [0.29, 0.717) is 0 Å². The SMILES string of the molecule is CC1(C)c2cc(N(c3ccc(-c4ccccc4)cc3)c3ccc(-c4ccccc4)cc3)ccc2-c2ccc(-n3c4ccccc4c4ccccc43)cc21.[C-]#[N+]c1nc2c(nc1C#N)c1nc(C#N)c(C#N)nc1c1nc(C#N)c([N+]#[C-])nc12.c1ccc(-c2ccc(N(c3ccc(-c4ccccc4)cc3)c3ccc(-c4ccc(N(c5ccc(-c6ccccc6)cc5)c5ccc(-c6ccccc6)cc5)cc4)cc3)cc2)cc1. The van der Waals surface area contributed by atoms with E-state index in [0.717, 1.165) is 62.3 Å². The van der Waals surface area contributed by atoms with Crippen molar-refractivity contribution in [3.05, 3.63) is 518 Å². The normalized spacial score (nSPS) is 11.4. The Morgan fingerprint density at radius 1 is 0.228 bits per heavy atom. The van der Waals surface area contributed by atoms with E-state index in [1.165, 1.54) is 117 Å². The van der Waals surface area contributed by atoms with Gasteiger partial charge in [0.15, 0.2) is 22.8 Å². The van der Waals surface area contributed by atoms with Crippen LogP contribution in [0.4, 0.5) is 62.8 Å². The minimum absolute atomic E-state index is 0.00714. The van der Waals surface area contributed by atoms with Crippen molar-refractivity contribution >= 4 is 118 Å². The molecule has 4 heterocycles. The third kappa shape index (κ3) is 17.4. The molecule has 23 aromatic rings. The second-order valence-electron chi connectivity index (χ2n) is 35.5. The van der Waals surface area contributed by atoms with E-state index in [9.17, 15) is 21.0 Å². The van der Waals surface area contributed by atoms with E-state index in [2.05, 4.69) is 534 Å². The Bertz CT molecular complexity index is 8260. The molecule has 24 rings (SSSR count). The summed E-state index contributed by atoms with van der Waals surface area (Å²) in [5.74, 6) is -0.605. The lowest BCUT2D eigenvalue weighted by atomic mass is 9.82. The van der Waals surface area contributed by atoms with E-state index in [-0.39, 0.29) is 72.9 Å². The van der Waals surface area contributed by atoms with Crippen molar-refractivity contribution < 1.29 is 0 Å². The highest BCUT2D eigenvalue weighted by Crippen LogP contribution is 2.53. The lowest BCUT2D eigenvalue weighted by Gasteiger charge is -2.28. The first-order valence-corrected chi connectivity index (χ1v) is 47.3. The molecule has 1 aliphatic carbocycles. The number of hydrogen-bond donors (Lipinski definition) is 0. The summed E-state index contributed by atoms with van der Waals surface area (Å²) in [4.78, 5) is 38.2. The molecule has 0 saturated carbocycles. The quantitative estimate of drug-likeness (QED) is 0.0617. The lowest BCUT2D eigenvalue weighted by molar-refractivity contribution is 0.660. The molecule has 0 unspecified atom stereocenters. The van der Waals surface area contributed by atoms with Crippen LogP contribution in [0.2, 0.25) is 0 Å². The summed E-state index contributed by atoms with van der Waals surface area (Å²) in [7, 11) is 0. The number of rotatable bonds is 17. The second kappa shape index (κ2) is 39.1. The number of anilines is 9. The van der Waals surface area contributed by atoms with E-state index in [1.54, 1.807) is 24.3 Å². The Morgan fingerprint density at radius 2 is 0.434 bits per heavy atom. The summed E-state index contributed by atoms with van der Waals surface area (Å²) in [5, 5.41) is 39.7. The van der Waals surface area contributed by atoms with Gasteiger partial charge in [0, 0.05) is 73.1 Å². The lowest BCUT2D eigenvalue weighted by Crippen LogP contribution is -2.17. The molecule has 0 N–H and O–H groups in total. The number of para-hydroxylation sites is 2. The molecule has 145 heavy (non-hydrogen) atoms. The highest BCUT2D eigenvalue weighted by atomic mass is 15.2. The van der Waals surface area contributed by atoms with Crippen molar-refractivity contribution in [1.82, 2.24) is 34.5 Å². The Morgan fingerprint density at radius 3 is 0.690 bits per heavy atom. The van der Waals surface area contributed by atoms with Gasteiger partial charge in [-0.3, -0.25) is 0 Å². The minimum atomic E-state index is -0.303. The van der Waals surface area contributed by atoms with E-state index < -0.39 is 0 Å². The Balaban J connectivity index is 0.000000131. The summed E-state index contributed by atoms with van der Waals surface area (Å²) in [6, 6.07) is 173. The molecule has 1 aliphatic rings. The zero-order valence-corrected chi connectivity index (χ0v) is 78.5. The summed E-state index contributed by atoms with van der Waals surface area (Å²) in [6.45, 7) is 19.2. The molecule has 0 saturated heterocycles. The van der Waals surface area contributed by atoms with Gasteiger partial charge in [-0.2, -0.15) is 21.0 Å². The van der Waals surface area contributed by atoms with Crippen molar-refractivity contribution in [2.75, 3.05) is 14.7 Å². The van der Waals surface area contributed by atoms with Crippen LogP contribution in [-0.2, 0) is 5.41 Å². The molecule has 0 fully saturated rings. The highest BCUT2D eigenvalue weighted by molar-refractivity contribution is 6.19. The number of nitriles is 4. The maximum Gasteiger partial charge on any atom is 0.307 e. The number of aromatic nitrogens is 7. The van der Waals surface area contributed by atoms with Crippen LogP contribution >= 0.6 is 0 Å². The first-order valence-electron chi connectivity index (χ1n) is 47.3. The van der Waals surface area contributed by atoms with Crippen LogP contribution in [-0.4, -0.2) is 34.5 Å². The third-order valence-corrected chi connectivity index (χ3v) is 26.7. The van der Waals surface area contributed by atoms with Crippen LogP contribution in [0.5, 0.6) is 0 Å². The van der Waals surface area contributed by atoms with Gasteiger partial charge in [0.05, 0.1) is 11.0 Å². The Kier molecular flexibility index (Phi) is 24.1. The maximum absolute atomic E-state index is 9.30.